The van der Waals surface area contributed by atoms with Crippen LogP contribution < -0.4 is 78.9 Å². The second-order valence-electron chi connectivity index (χ2n) is 37.1. The highest BCUT2D eigenvalue weighted by Crippen LogP contribution is 2.39. The molecule has 4 fully saturated rings. The van der Waals surface area contributed by atoms with E-state index in [0.717, 1.165) is 228 Å². The lowest BCUT2D eigenvalue weighted by atomic mass is 9.82. The van der Waals surface area contributed by atoms with Gasteiger partial charge in [-0.15, -0.1) is 0 Å². The molecule has 15 N–H and O–H groups in total. The molecule has 10 aromatic rings. The van der Waals surface area contributed by atoms with E-state index in [0.29, 0.717) is 84.5 Å². The summed E-state index contributed by atoms with van der Waals surface area (Å²) in [6.07, 6.45) is 20.1. The summed E-state index contributed by atoms with van der Waals surface area (Å²) in [5.41, 5.74) is 41.9. The largest absolute Gasteiger partial charge is 0.493 e. The van der Waals surface area contributed by atoms with Gasteiger partial charge in [-0.25, -0.2) is 0 Å². The molecule has 0 saturated heterocycles. The molecule has 4 aliphatic rings. The second kappa shape index (κ2) is 61.0. The maximum atomic E-state index is 12.6. The van der Waals surface area contributed by atoms with E-state index < -0.39 is 11.1 Å². The van der Waals surface area contributed by atoms with Gasteiger partial charge in [0.15, 0.2) is 0 Å². The van der Waals surface area contributed by atoms with Gasteiger partial charge in [0.1, 0.15) is 55.2 Å². The first-order chi connectivity index (χ1) is 67.7. The van der Waals surface area contributed by atoms with Crippen LogP contribution in [0.3, 0.4) is 0 Å². The molecule has 1 unspecified atom stereocenters. The van der Waals surface area contributed by atoms with Crippen molar-refractivity contribution < 1.29 is 100 Å². The number of carbonyl (C=O) groups excluding carboxylic acids is 15. The van der Waals surface area contributed by atoms with Gasteiger partial charge in [0.2, 0.25) is 29.5 Å². The summed E-state index contributed by atoms with van der Waals surface area (Å²) >= 11 is 0. The molecular formula is C106H139N15O21. The SMILES string of the molecule is CCCC(=O)NC1CCC(Oc2cccc3nc(C)cc(N)c23)CC1.CCCNC(=O)C1CCC(COc2cccc3nc(C)cc(N)c23)CC1.COCC(=O)NC(C)COc1cccc2nc(C)cc(N)c12.Cc1cc(N)c2c(OCC(C)(C)NC(=O)C3CCC(C)CC3)cccc2n1.Cc1cc(N)c2c(OCC(C)(C)NC(=O)C3CCC(C)CC3)cccc2n1.O=C=O.O=C=O.O=C=O.O=C=O.O=C=O. The number of pyridine rings is 5. The van der Waals surface area contributed by atoms with E-state index in [1.807, 2.05) is 197 Å². The lowest BCUT2D eigenvalue weighted by molar-refractivity contribution is -0.193. The minimum Gasteiger partial charge on any atom is -0.493 e. The van der Waals surface area contributed by atoms with Crippen molar-refractivity contribution >= 4 is 143 Å². The number of nitrogens with two attached hydrogens (primary N) is 5. The average Bonchev–Trinajstić information content (AvgIpc) is 0.808. The van der Waals surface area contributed by atoms with Gasteiger partial charge in [0, 0.05) is 101 Å². The maximum Gasteiger partial charge on any atom is 0.373 e. The van der Waals surface area contributed by atoms with Gasteiger partial charge in [-0.2, -0.15) is 47.9 Å². The Morgan fingerprint density at radius 2 is 0.718 bits per heavy atom. The number of nitrogens with zero attached hydrogens (tertiary/aromatic N) is 5. The summed E-state index contributed by atoms with van der Waals surface area (Å²) in [5.74, 6) is 6.54. The third-order valence-electron chi connectivity index (χ3n) is 23.9. The Hall–Kier alpha value is -14.6. The van der Waals surface area contributed by atoms with Crippen LogP contribution in [0.4, 0.5) is 28.4 Å². The van der Waals surface area contributed by atoms with Gasteiger partial charge in [0.05, 0.1) is 84.3 Å². The van der Waals surface area contributed by atoms with Crippen molar-refractivity contribution in [2.45, 2.75) is 248 Å². The number of aromatic nitrogens is 5. The Kier molecular flexibility index (Phi) is 50.7. The number of nitrogen functional groups attached to an aromatic ring is 5. The summed E-state index contributed by atoms with van der Waals surface area (Å²) in [6, 6.07) is 38.3. The van der Waals surface area contributed by atoms with Crippen molar-refractivity contribution in [3.63, 3.8) is 0 Å². The zero-order valence-corrected chi connectivity index (χ0v) is 84.1. The van der Waals surface area contributed by atoms with Crippen molar-refractivity contribution in [2.24, 2.45) is 35.5 Å². The van der Waals surface area contributed by atoms with Crippen LogP contribution in [0.15, 0.2) is 121 Å². The van der Waals surface area contributed by atoms with Gasteiger partial charge in [0.25, 0.3) is 0 Å². The number of aryl methyl sites for hydroxylation is 5. The number of carbonyl (C=O) groups is 5. The first-order valence-electron chi connectivity index (χ1n) is 47.7. The average molecular weight is 1960 g/mol. The predicted octanol–water partition coefficient (Wildman–Crippen LogP) is 14.8. The summed E-state index contributed by atoms with van der Waals surface area (Å²) in [5, 5.41) is 19.5. The minimum atomic E-state index is -0.463. The Labute approximate surface area is 828 Å². The van der Waals surface area contributed by atoms with Gasteiger partial charge < -0.3 is 83.7 Å². The lowest BCUT2D eigenvalue weighted by Gasteiger charge is -2.31. The number of amides is 5. The van der Waals surface area contributed by atoms with Gasteiger partial charge >= 0.3 is 30.8 Å². The quantitative estimate of drug-likeness (QED) is 0.0229. The van der Waals surface area contributed by atoms with Crippen LogP contribution >= 0.6 is 0 Å². The smallest absolute Gasteiger partial charge is 0.373 e. The molecule has 764 valence electrons. The topological polar surface area (TPSA) is 566 Å². The highest BCUT2D eigenvalue weighted by Gasteiger charge is 2.33. The minimum absolute atomic E-state index is 0.0365. The van der Waals surface area contributed by atoms with E-state index in [-0.39, 0.29) is 103 Å². The fourth-order valence-electron chi connectivity index (χ4n) is 17.1. The zero-order valence-electron chi connectivity index (χ0n) is 84.1. The fourth-order valence-corrected chi connectivity index (χ4v) is 17.1. The number of fused-ring (bicyclic) bond motifs is 5. The second-order valence-corrected chi connectivity index (χ2v) is 37.1. The van der Waals surface area contributed by atoms with E-state index in [4.69, 9.17) is 105 Å². The predicted molar refractivity (Wildman–Crippen MR) is 536 cm³/mol. The molecule has 0 bridgehead atoms. The molecule has 5 aromatic carbocycles. The molecular weight excluding hydrogens is 1820 g/mol. The van der Waals surface area contributed by atoms with Crippen molar-refractivity contribution in [1.82, 2.24) is 51.5 Å². The van der Waals surface area contributed by atoms with Crippen LogP contribution in [0.2, 0.25) is 0 Å². The molecule has 1 atom stereocenters. The van der Waals surface area contributed by atoms with Gasteiger partial charge in [-0.05, 0) is 294 Å². The Morgan fingerprint density at radius 1 is 0.408 bits per heavy atom. The number of benzene rings is 5. The molecule has 4 aliphatic carbocycles. The Morgan fingerprint density at radius 3 is 1.05 bits per heavy atom. The number of hydrogen-bond acceptors (Lipinski definition) is 31. The molecule has 5 aromatic heterocycles. The molecule has 0 spiro atoms. The van der Waals surface area contributed by atoms with E-state index in [9.17, 15) is 24.0 Å². The molecule has 142 heavy (non-hydrogen) atoms. The summed E-state index contributed by atoms with van der Waals surface area (Å²) in [6.45, 7) is 30.6. The Bertz CT molecular complexity index is 5730. The van der Waals surface area contributed by atoms with E-state index in [2.05, 4.69) is 72.3 Å². The summed E-state index contributed by atoms with van der Waals surface area (Å²) in [4.78, 5) is 164. The van der Waals surface area contributed by atoms with Crippen molar-refractivity contribution in [3.8, 4) is 28.7 Å². The van der Waals surface area contributed by atoms with Crippen LogP contribution in [0.1, 0.15) is 213 Å². The number of rotatable bonds is 27. The van der Waals surface area contributed by atoms with Crippen molar-refractivity contribution in [2.75, 3.05) is 75.4 Å². The van der Waals surface area contributed by atoms with Gasteiger partial charge in [-0.3, -0.25) is 48.9 Å². The zero-order chi connectivity index (χ0) is 105. The first-order valence-corrected chi connectivity index (χ1v) is 47.7. The van der Waals surface area contributed by atoms with Gasteiger partial charge in [-0.1, -0.05) is 58.0 Å². The molecule has 5 amide bonds. The van der Waals surface area contributed by atoms with Crippen LogP contribution in [-0.2, 0) is 76.7 Å². The molecule has 36 heteroatoms. The third kappa shape index (κ3) is 39.6. The third-order valence-corrected chi connectivity index (χ3v) is 23.9. The number of methoxy groups -OCH3 is 1. The number of ether oxygens (including phenoxy) is 6. The van der Waals surface area contributed by atoms with Crippen LogP contribution in [0.25, 0.3) is 54.5 Å². The molecule has 36 nitrogen and oxygen atoms in total. The van der Waals surface area contributed by atoms with Crippen molar-refractivity contribution in [1.29, 1.82) is 0 Å². The number of hydrogen-bond donors (Lipinski definition) is 10. The highest BCUT2D eigenvalue weighted by atomic mass is 16.5. The fraction of sp³-hybridized carbons (Fsp3) is 0.481. The molecule has 14 rings (SSSR count). The highest BCUT2D eigenvalue weighted by molar-refractivity contribution is 5.99. The summed E-state index contributed by atoms with van der Waals surface area (Å²) in [7, 11) is 1.48. The lowest BCUT2D eigenvalue weighted by Crippen LogP contribution is -2.50. The van der Waals surface area contributed by atoms with Crippen LogP contribution in [-0.4, -0.2) is 161 Å². The van der Waals surface area contributed by atoms with Crippen LogP contribution in [0, 0.1) is 70.1 Å². The molecule has 4 saturated carbocycles. The maximum absolute atomic E-state index is 12.6. The molecule has 5 heterocycles. The summed E-state index contributed by atoms with van der Waals surface area (Å²) < 4.78 is 35.1. The Balaban J connectivity index is 0.000000302. The van der Waals surface area contributed by atoms with E-state index in [1.54, 1.807) is 0 Å². The standard InChI is InChI=1S/2C22H31N3O2.C21H29N3O2.C20H27N3O2.C16H21N3O3.5CO2/c2*1-14-8-10-16(11-9-14)21(26)25-22(3,4)13-27-19-7-5-6-18-20(19)17(23)12-15(2)24-18;1-3-11-23-21(25)16-9-7-15(8-10-16)13-26-19-6-4-5-18-20(19)17(22)12-14(2)24-18;1-3-5-19(24)23-14-8-10-15(11-9-14)25-18-7-4-6-17-20(18)16(21)12-13(2)22-17;1-10-7-12(17)16-13(18-10)5-4-6-14(16)22-8-11(2)19-15(20)9-21-3;5*2-1-3/h2*5-7,12,14,16H,8-11,13H2,1-4H3,(H2,23,24)(H,25,26);4-6,12,15-16H,3,7-11,13H2,1-2H3,(H2,22,24)(H,23,25);4,6-7,12,14-15H,3,5,8-11H2,1-2H3,(H2,21,22)(H,23,24);4-7,11H,8-9H2,1-3H3,(H2,17,18)(H,19,20);;;;;. The number of nitrogens with one attached hydrogen (secondary N) is 5. The number of anilines is 5. The van der Waals surface area contributed by atoms with Crippen molar-refractivity contribution in [3.05, 3.63) is 150 Å². The van der Waals surface area contributed by atoms with E-state index >= 15 is 0 Å². The normalized spacial score (nSPS) is 17.2. The molecule has 0 radical (unpaired) electrons. The first kappa shape index (κ1) is 118. The monoisotopic (exact) mass is 1960 g/mol. The van der Waals surface area contributed by atoms with E-state index in [1.165, 1.54) is 7.11 Å². The molecule has 0 aliphatic heterocycles. The van der Waals surface area contributed by atoms with Crippen LogP contribution in [0.5, 0.6) is 28.7 Å².